The molecule has 0 spiro atoms. The molecule has 2 aliphatic rings. The van der Waals surface area contributed by atoms with Crippen molar-refractivity contribution >= 4 is 17.5 Å². The fourth-order valence-electron chi connectivity index (χ4n) is 3.70. The zero-order valence-electron chi connectivity index (χ0n) is 15.5. The third-order valence-corrected chi connectivity index (χ3v) is 5.14. The van der Waals surface area contributed by atoms with Crippen LogP contribution in [0.2, 0.25) is 0 Å². The monoisotopic (exact) mass is 358 g/mol. The van der Waals surface area contributed by atoms with Gasteiger partial charge in [-0.3, -0.25) is 14.5 Å². The van der Waals surface area contributed by atoms with E-state index in [9.17, 15) is 9.59 Å². The number of nitrogens with one attached hydrogen (secondary N) is 2. The molecule has 0 radical (unpaired) electrons. The Balaban J connectivity index is 1.44. The first-order valence-corrected chi connectivity index (χ1v) is 9.83. The molecule has 142 valence electrons. The van der Waals surface area contributed by atoms with Crippen LogP contribution in [0.25, 0.3) is 0 Å². The van der Waals surface area contributed by atoms with Crippen LogP contribution < -0.4 is 10.6 Å². The molecule has 0 aliphatic carbocycles. The minimum atomic E-state index is -0.0855. The van der Waals surface area contributed by atoms with Crippen molar-refractivity contribution in [3.63, 3.8) is 0 Å². The minimum Gasteiger partial charge on any atom is -0.351 e. The van der Waals surface area contributed by atoms with Crippen LogP contribution in [0.4, 0.5) is 5.69 Å². The molecule has 1 aromatic rings. The molecule has 2 saturated heterocycles. The lowest BCUT2D eigenvalue weighted by molar-refractivity contribution is -0.117. The van der Waals surface area contributed by atoms with E-state index in [-0.39, 0.29) is 11.8 Å². The average molecular weight is 358 g/mol. The molecular weight excluding hydrogens is 328 g/mol. The Labute approximate surface area is 155 Å². The van der Waals surface area contributed by atoms with E-state index in [1.807, 2.05) is 12.1 Å². The Morgan fingerprint density at radius 2 is 1.62 bits per heavy atom. The average Bonchev–Trinajstić information content (AvgIpc) is 3.15. The topological polar surface area (TPSA) is 64.7 Å². The summed E-state index contributed by atoms with van der Waals surface area (Å²) >= 11 is 0. The van der Waals surface area contributed by atoms with Crippen LogP contribution >= 0.6 is 0 Å². The standard InChI is InChI=1S/C20H30N4O2/c25-19(16-24-12-4-5-13-24)22-18-8-6-7-17(15-18)20(26)21-9-14-23-10-2-1-3-11-23/h6-8,15H,1-5,9-14,16H2,(H,21,26)(H,22,25). The van der Waals surface area contributed by atoms with Gasteiger partial charge in [-0.15, -0.1) is 0 Å². The zero-order valence-corrected chi connectivity index (χ0v) is 15.5. The van der Waals surface area contributed by atoms with Gasteiger partial charge in [0.2, 0.25) is 5.91 Å². The Hall–Kier alpha value is -1.92. The lowest BCUT2D eigenvalue weighted by Crippen LogP contribution is -2.37. The Kier molecular flexibility index (Phi) is 7.03. The molecule has 1 aromatic carbocycles. The number of nitrogens with zero attached hydrogens (tertiary/aromatic N) is 2. The van der Waals surface area contributed by atoms with Gasteiger partial charge < -0.3 is 15.5 Å². The zero-order chi connectivity index (χ0) is 18.2. The predicted octanol–water partition coefficient (Wildman–Crippen LogP) is 1.94. The van der Waals surface area contributed by atoms with E-state index in [0.29, 0.717) is 24.3 Å². The Morgan fingerprint density at radius 3 is 2.38 bits per heavy atom. The van der Waals surface area contributed by atoms with Gasteiger partial charge in [0.1, 0.15) is 0 Å². The number of rotatable bonds is 7. The molecule has 0 aromatic heterocycles. The van der Waals surface area contributed by atoms with Gasteiger partial charge in [0.15, 0.2) is 0 Å². The van der Waals surface area contributed by atoms with Crippen LogP contribution in [0.1, 0.15) is 42.5 Å². The molecular formula is C20H30N4O2. The molecule has 2 heterocycles. The summed E-state index contributed by atoms with van der Waals surface area (Å²) in [6, 6.07) is 7.17. The van der Waals surface area contributed by atoms with E-state index in [0.717, 1.165) is 32.7 Å². The van der Waals surface area contributed by atoms with Crippen molar-refractivity contribution in [2.45, 2.75) is 32.1 Å². The maximum absolute atomic E-state index is 12.4. The molecule has 6 nitrogen and oxygen atoms in total. The van der Waals surface area contributed by atoms with Crippen molar-refractivity contribution in [3.05, 3.63) is 29.8 Å². The third kappa shape index (κ3) is 5.81. The van der Waals surface area contributed by atoms with E-state index >= 15 is 0 Å². The maximum Gasteiger partial charge on any atom is 0.251 e. The van der Waals surface area contributed by atoms with Gasteiger partial charge >= 0.3 is 0 Å². The molecule has 2 aliphatic heterocycles. The highest BCUT2D eigenvalue weighted by Crippen LogP contribution is 2.12. The Bertz CT molecular complexity index is 608. The molecule has 0 unspecified atom stereocenters. The van der Waals surface area contributed by atoms with Crippen LogP contribution in [0.15, 0.2) is 24.3 Å². The molecule has 0 saturated carbocycles. The summed E-state index contributed by atoms with van der Waals surface area (Å²) in [6.07, 6.45) is 6.17. The number of piperidine rings is 1. The van der Waals surface area contributed by atoms with Gasteiger partial charge in [-0.2, -0.15) is 0 Å². The molecule has 0 atom stereocenters. The van der Waals surface area contributed by atoms with Gasteiger partial charge in [0.05, 0.1) is 6.54 Å². The first-order chi connectivity index (χ1) is 12.7. The number of carbonyl (C=O) groups is 2. The number of amides is 2. The molecule has 6 heteroatoms. The summed E-state index contributed by atoms with van der Waals surface area (Å²) in [6.45, 7) is 6.23. The number of benzene rings is 1. The lowest BCUT2D eigenvalue weighted by atomic mass is 10.1. The summed E-state index contributed by atoms with van der Waals surface area (Å²) in [7, 11) is 0. The summed E-state index contributed by atoms with van der Waals surface area (Å²) in [5.41, 5.74) is 1.26. The predicted molar refractivity (Wildman–Crippen MR) is 103 cm³/mol. The fourth-order valence-corrected chi connectivity index (χ4v) is 3.70. The van der Waals surface area contributed by atoms with Crippen LogP contribution in [0.3, 0.4) is 0 Å². The molecule has 2 amide bonds. The summed E-state index contributed by atoms with van der Waals surface area (Å²) in [5.74, 6) is -0.104. The fraction of sp³-hybridized carbons (Fsp3) is 0.600. The number of hydrogen-bond acceptors (Lipinski definition) is 4. The van der Waals surface area contributed by atoms with E-state index in [2.05, 4.69) is 20.4 Å². The first-order valence-electron chi connectivity index (χ1n) is 9.83. The van der Waals surface area contributed by atoms with Gasteiger partial charge in [0, 0.05) is 24.3 Å². The minimum absolute atomic E-state index is 0.0189. The van der Waals surface area contributed by atoms with Gasteiger partial charge in [-0.05, 0) is 70.1 Å². The second kappa shape index (κ2) is 9.69. The largest absolute Gasteiger partial charge is 0.351 e. The van der Waals surface area contributed by atoms with Gasteiger partial charge in [-0.25, -0.2) is 0 Å². The molecule has 2 N–H and O–H groups in total. The molecule has 26 heavy (non-hydrogen) atoms. The third-order valence-electron chi connectivity index (χ3n) is 5.14. The smallest absolute Gasteiger partial charge is 0.251 e. The normalized spacial score (nSPS) is 18.6. The van der Waals surface area contributed by atoms with Crippen molar-refractivity contribution in [2.24, 2.45) is 0 Å². The van der Waals surface area contributed by atoms with Crippen molar-refractivity contribution in [3.8, 4) is 0 Å². The highest BCUT2D eigenvalue weighted by molar-refractivity contribution is 5.97. The number of anilines is 1. The summed E-state index contributed by atoms with van der Waals surface area (Å²) in [5, 5.41) is 5.89. The van der Waals surface area contributed by atoms with Crippen molar-refractivity contribution < 1.29 is 9.59 Å². The number of hydrogen-bond donors (Lipinski definition) is 2. The van der Waals surface area contributed by atoms with Crippen LogP contribution in [0, 0.1) is 0 Å². The maximum atomic E-state index is 12.4. The van der Waals surface area contributed by atoms with Crippen molar-refractivity contribution in [1.82, 2.24) is 15.1 Å². The molecule has 2 fully saturated rings. The van der Waals surface area contributed by atoms with E-state index < -0.39 is 0 Å². The SMILES string of the molecule is O=C(CN1CCCC1)Nc1cccc(C(=O)NCCN2CCCCC2)c1. The van der Waals surface area contributed by atoms with Crippen LogP contribution in [-0.4, -0.2) is 67.4 Å². The van der Waals surface area contributed by atoms with E-state index in [1.54, 1.807) is 12.1 Å². The second-order valence-corrected chi connectivity index (χ2v) is 7.27. The highest BCUT2D eigenvalue weighted by Gasteiger charge is 2.15. The van der Waals surface area contributed by atoms with Crippen LogP contribution in [0.5, 0.6) is 0 Å². The summed E-state index contributed by atoms with van der Waals surface area (Å²) < 4.78 is 0. The van der Waals surface area contributed by atoms with Crippen molar-refractivity contribution in [1.29, 1.82) is 0 Å². The second-order valence-electron chi connectivity index (χ2n) is 7.27. The van der Waals surface area contributed by atoms with Gasteiger partial charge in [-0.1, -0.05) is 12.5 Å². The Morgan fingerprint density at radius 1 is 0.923 bits per heavy atom. The first kappa shape index (κ1) is 18.9. The molecule has 0 bridgehead atoms. The van der Waals surface area contributed by atoms with Crippen LogP contribution in [-0.2, 0) is 4.79 Å². The van der Waals surface area contributed by atoms with E-state index in [4.69, 9.17) is 0 Å². The number of likely N-dealkylation sites (tertiary alicyclic amines) is 2. The van der Waals surface area contributed by atoms with Crippen molar-refractivity contribution in [2.75, 3.05) is 51.1 Å². The quantitative estimate of drug-likeness (QED) is 0.782. The summed E-state index contributed by atoms with van der Waals surface area (Å²) in [4.78, 5) is 29.1. The highest BCUT2D eigenvalue weighted by atomic mass is 16.2. The lowest BCUT2D eigenvalue weighted by Gasteiger charge is -2.26. The molecule has 3 rings (SSSR count). The van der Waals surface area contributed by atoms with Gasteiger partial charge in [0.25, 0.3) is 5.91 Å². The van der Waals surface area contributed by atoms with E-state index in [1.165, 1.54) is 32.1 Å². The number of carbonyl (C=O) groups excluding carboxylic acids is 2.